The maximum atomic E-state index is 12.8. The molecule has 0 saturated heterocycles. The summed E-state index contributed by atoms with van der Waals surface area (Å²) in [6.45, 7) is 0. The van der Waals surface area contributed by atoms with Crippen molar-refractivity contribution in [3.8, 4) is 11.5 Å². The van der Waals surface area contributed by atoms with Crippen molar-refractivity contribution in [2.75, 3.05) is 5.32 Å². The number of hydrogen-bond acceptors (Lipinski definition) is 2. The van der Waals surface area contributed by atoms with E-state index in [9.17, 15) is 18.0 Å². The molecule has 0 spiro atoms. The highest BCUT2D eigenvalue weighted by Gasteiger charge is 2.32. The van der Waals surface area contributed by atoms with E-state index in [0.29, 0.717) is 17.9 Å². The molecule has 3 nitrogen and oxygen atoms in total. The van der Waals surface area contributed by atoms with Crippen LogP contribution in [0, 0.1) is 0 Å². The fraction of sp³-hybridized carbons (Fsp3) is 0.136. The van der Waals surface area contributed by atoms with Crippen LogP contribution in [0.2, 0.25) is 5.02 Å². The molecule has 7 heteroatoms. The zero-order chi connectivity index (χ0) is 20.6. The van der Waals surface area contributed by atoms with E-state index in [2.05, 4.69) is 5.32 Å². The maximum Gasteiger partial charge on any atom is 0.416 e. The Kier molecular flexibility index (Phi) is 4.96. The summed E-state index contributed by atoms with van der Waals surface area (Å²) in [7, 11) is 0. The summed E-state index contributed by atoms with van der Waals surface area (Å²) in [5, 5.41) is 2.71. The molecule has 4 rings (SSSR count). The van der Waals surface area contributed by atoms with Crippen molar-refractivity contribution in [2.24, 2.45) is 0 Å². The van der Waals surface area contributed by atoms with Gasteiger partial charge in [-0.1, -0.05) is 41.9 Å². The Balaban J connectivity index is 1.59. The molecule has 1 atom stereocenters. The van der Waals surface area contributed by atoms with Gasteiger partial charge < -0.3 is 10.1 Å². The van der Waals surface area contributed by atoms with Crippen LogP contribution in [0.4, 0.5) is 18.9 Å². The van der Waals surface area contributed by atoms with E-state index in [1.807, 2.05) is 30.3 Å². The SMILES string of the molecule is O=C1Nc2ccc(Oc3ccc(C(F)(F)F)cc3Cl)cc2C1Cc1ccccc1. The van der Waals surface area contributed by atoms with Gasteiger partial charge >= 0.3 is 6.18 Å². The number of anilines is 1. The van der Waals surface area contributed by atoms with Gasteiger partial charge in [0, 0.05) is 5.69 Å². The number of fused-ring (bicyclic) bond motifs is 1. The Hall–Kier alpha value is -2.99. The van der Waals surface area contributed by atoms with Crippen molar-refractivity contribution >= 4 is 23.2 Å². The highest BCUT2D eigenvalue weighted by atomic mass is 35.5. The number of carbonyl (C=O) groups is 1. The molecule has 3 aromatic rings. The number of ether oxygens (including phenoxy) is 1. The number of alkyl halides is 3. The van der Waals surface area contributed by atoms with Gasteiger partial charge in [-0.25, -0.2) is 0 Å². The first-order valence-corrected chi connectivity index (χ1v) is 9.22. The summed E-state index contributed by atoms with van der Waals surface area (Å²) in [6, 6.07) is 17.6. The van der Waals surface area contributed by atoms with Crippen molar-refractivity contribution < 1.29 is 22.7 Å². The normalized spacial score (nSPS) is 15.7. The van der Waals surface area contributed by atoms with Crippen LogP contribution in [0.3, 0.4) is 0 Å². The highest BCUT2D eigenvalue weighted by molar-refractivity contribution is 6.32. The van der Waals surface area contributed by atoms with E-state index in [0.717, 1.165) is 23.3 Å². The number of hydrogen-bond donors (Lipinski definition) is 1. The Bertz CT molecular complexity index is 1070. The Labute approximate surface area is 170 Å². The molecule has 1 unspecified atom stereocenters. The quantitative estimate of drug-likeness (QED) is 0.531. The Morgan fingerprint density at radius 3 is 2.45 bits per heavy atom. The van der Waals surface area contributed by atoms with E-state index in [1.54, 1.807) is 18.2 Å². The summed E-state index contributed by atoms with van der Waals surface area (Å²) in [5.74, 6) is 0.0177. The van der Waals surface area contributed by atoms with E-state index in [1.165, 1.54) is 6.07 Å². The van der Waals surface area contributed by atoms with Crippen molar-refractivity contribution in [1.29, 1.82) is 0 Å². The van der Waals surface area contributed by atoms with E-state index < -0.39 is 11.7 Å². The molecule has 0 aromatic heterocycles. The predicted octanol–water partition coefficient (Wildman–Crippen LogP) is 6.43. The van der Waals surface area contributed by atoms with Crippen molar-refractivity contribution in [2.45, 2.75) is 18.5 Å². The largest absolute Gasteiger partial charge is 0.456 e. The van der Waals surface area contributed by atoms with Crippen LogP contribution in [0.1, 0.15) is 22.6 Å². The number of carbonyl (C=O) groups excluding carboxylic acids is 1. The Morgan fingerprint density at radius 2 is 1.76 bits per heavy atom. The second-order valence-corrected chi connectivity index (χ2v) is 7.13. The molecule has 1 N–H and O–H groups in total. The fourth-order valence-electron chi connectivity index (χ4n) is 3.31. The third-order valence-electron chi connectivity index (χ3n) is 4.74. The molecule has 0 saturated carbocycles. The average Bonchev–Trinajstić information content (AvgIpc) is 2.98. The average molecular weight is 418 g/mol. The number of benzene rings is 3. The summed E-state index contributed by atoms with van der Waals surface area (Å²) in [5.41, 5.74) is 1.65. The van der Waals surface area contributed by atoms with E-state index in [4.69, 9.17) is 16.3 Å². The van der Waals surface area contributed by atoms with Gasteiger partial charge in [0.05, 0.1) is 16.5 Å². The summed E-state index contributed by atoms with van der Waals surface area (Å²) < 4.78 is 44.1. The number of amides is 1. The molecule has 0 fully saturated rings. The van der Waals surface area contributed by atoms with Gasteiger partial charge in [-0.2, -0.15) is 13.2 Å². The Morgan fingerprint density at radius 1 is 1.00 bits per heavy atom. The molecule has 1 aliphatic rings. The molecule has 148 valence electrons. The first-order valence-electron chi connectivity index (χ1n) is 8.84. The van der Waals surface area contributed by atoms with Crippen LogP contribution >= 0.6 is 11.6 Å². The third-order valence-corrected chi connectivity index (χ3v) is 5.04. The molecule has 0 bridgehead atoms. The van der Waals surface area contributed by atoms with Gasteiger partial charge in [0.2, 0.25) is 5.91 Å². The van der Waals surface area contributed by atoms with Crippen LogP contribution in [-0.4, -0.2) is 5.91 Å². The lowest BCUT2D eigenvalue weighted by Gasteiger charge is -2.13. The monoisotopic (exact) mass is 417 g/mol. The van der Waals surface area contributed by atoms with Gasteiger partial charge in [-0.15, -0.1) is 0 Å². The topological polar surface area (TPSA) is 38.3 Å². The predicted molar refractivity (Wildman–Crippen MR) is 104 cm³/mol. The minimum Gasteiger partial charge on any atom is -0.456 e. The maximum absolute atomic E-state index is 12.8. The summed E-state index contributed by atoms with van der Waals surface area (Å²) >= 11 is 5.97. The third kappa shape index (κ3) is 4.07. The molecule has 29 heavy (non-hydrogen) atoms. The smallest absolute Gasteiger partial charge is 0.416 e. The molecular weight excluding hydrogens is 403 g/mol. The minimum atomic E-state index is -4.48. The second kappa shape index (κ2) is 7.44. The first-order chi connectivity index (χ1) is 13.8. The first kappa shape index (κ1) is 19.3. The van der Waals surface area contributed by atoms with Gasteiger partial charge in [0.15, 0.2) is 0 Å². The second-order valence-electron chi connectivity index (χ2n) is 6.73. The number of nitrogens with one attached hydrogen (secondary N) is 1. The van der Waals surface area contributed by atoms with Crippen LogP contribution in [0.25, 0.3) is 0 Å². The lowest BCUT2D eigenvalue weighted by molar-refractivity contribution is -0.137. The van der Waals surface area contributed by atoms with Crippen LogP contribution < -0.4 is 10.1 Å². The van der Waals surface area contributed by atoms with Gasteiger partial charge in [-0.05, 0) is 53.9 Å². The van der Waals surface area contributed by atoms with Crippen LogP contribution in [0.5, 0.6) is 11.5 Å². The van der Waals surface area contributed by atoms with Gasteiger partial charge in [-0.3, -0.25) is 4.79 Å². The molecule has 1 aliphatic heterocycles. The molecule has 0 aliphatic carbocycles. The molecular formula is C22H15ClF3NO2. The zero-order valence-corrected chi connectivity index (χ0v) is 15.7. The number of rotatable bonds is 4. The van der Waals surface area contributed by atoms with E-state index in [-0.39, 0.29) is 22.6 Å². The van der Waals surface area contributed by atoms with Crippen molar-refractivity contribution in [3.63, 3.8) is 0 Å². The molecule has 1 heterocycles. The van der Waals surface area contributed by atoms with Gasteiger partial charge in [0.25, 0.3) is 0 Å². The molecule has 1 amide bonds. The van der Waals surface area contributed by atoms with E-state index >= 15 is 0 Å². The summed E-state index contributed by atoms with van der Waals surface area (Å²) in [4.78, 5) is 12.4. The van der Waals surface area contributed by atoms with Crippen molar-refractivity contribution in [1.82, 2.24) is 0 Å². The van der Waals surface area contributed by atoms with Crippen molar-refractivity contribution in [3.05, 3.63) is 88.4 Å². The lowest BCUT2D eigenvalue weighted by atomic mass is 9.93. The lowest BCUT2D eigenvalue weighted by Crippen LogP contribution is -2.14. The standard InChI is InChI=1S/C22H15ClF3NO2/c23-18-11-14(22(24,25)26)6-9-20(18)29-15-7-8-19-16(12-15)17(21(28)27-19)10-13-4-2-1-3-5-13/h1-9,11-12,17H,10H2,(H,27,28). The molecule has 3 aromatic carbocycles. The number of halogens is 4. The fourth-order valence-corrected chi connectivity index (χ4v) is 3.53. The molecule has 0 radical (unpaired) electrons. The highest BCUT2D eigenvalue weighted by Crippen LogP contribution is 2.40. The summed E-state index contributed by atoms with van der Waals surface area (Å²) in [6.07, 6.45) is -3.95. The van der Waals surface area contributed by atoms with Crippen LogP contribution in [0.15, 0.2) is 66.7 Å². The minimum absolute atomic E-state index is 0.103. The van der Waals surface area contributed by atoms with Crippen LogP contribution in [-0.2, 0) is 17.4 Å². The zero-order valence-electron chi connectivity index (χ0n) is 15.0. The van der Waals surface area contributed by atoms with Gasteiger partial charge in [0.1, 0.15) is 11.5 Å².